The molecule has 0 N–H and O–H groups in total. The summed E-state index contributed by atoms with van der Waals surface area (Å²) in [7, 11) is 0. The van der Waals surface area contributed by atoms with Crippen LogP contribution in [0.1, 0.15) is 29.6 Å². The summed E-state index contributed by atoms with van der Waals surface area (Å²) in [5.41, 5.74) is 0.441. The number of rotatable bonds is 4. The monoisotopic (exact) mass is 294 g/mol. The molecule has 0 bridgehead atoms. The first-order chi connectivity index (χ1) is 7.38. The van der Waals surface area contributed by atoms with Crippen LogP contribution in [0.15, 0.2) is 28.7 Å². The number of alkyl halides is 3. The number of Topliss-reactive ketones (excluding diaryl/α,β-unsaturated/α-hetero) is 1. The van der Waals surface area contributed by atoms with E-state index >= 15 is 0 Å². The summed E-state index contributed by atoms with van der Waals surface area (Å²) in [5, 5.41) is 0. The van der Waals surface area contributed by atoms with Gasteiger partial charge in [0.25, 0.3) is 0 Å². The van der Waals surface area contributed by atoms with E-state index in [-0.39, 0.29) is 18.6 Å². The highest BCUT2D eigenvalue weighted by Gasteiger charge is 2.26. The Kier molecular flexibility index (Phi) is 4.53. The molecule has 0 atom stereocenters. The first-order valence-electron chi connectivity index (χ1n) is 4.74. The number of ketones is 1. The molecule has 0 fully saturated rings. The van der Waals surface area contributed by atoms with Crippen molar-refractivity contribution in [3.63, 3.8) is 0 Å². The highest BCUT2D eigenvalue weighted by molar-refractivity contribution is 9.10. The Bertz CT molecular complexity index is 374. The molecule has 0 aromatic heterocycles. The molecule has 16 heavy (non-hydrogen) atoms. The number of hydrogen-bond acceptors (Lipinski definition) is 1. The van der Waals surface area contributed by atoms with Crippen LogP contribution in [0.4, 0.5) is 13.2 Å². The quantitative estimate of drug-likeness (QED) is 0.754. The van der Waals surface area contributed by atoms with Gasteiger partial charge >= 0.3 is 6.18 Å². The minimum Gasteiger partial charge on any atom is -0.294 e. The minimum atomic E-state index is -4.18. The summed E-state index contributed by atoms with van der Waals surface area (Å²) < 4.78 is 36.3. The summed E-state index contributed by atoms with van der Waals surface area (Å²) in [4.78, 5) is 11.5. The average molecular weight is 295 g/mol. The first kappa shape index (κ1) is 13.2. The van der Waals surface area contributed by atoms with E-state index in [9.17, 15) is 18.0 Å². The minimum absolute atomic E-state index is 0.0734. The SMILES string of the molecule is O=C(CCCC(F)(F)F)c1cccc(Br)c1. The number of benzene rings is 1. The van der Waals surface area contributed by atoms with Gasteiger partial charge in [0.1, 0.15) is 0 Å². The highest BCUT2D eigenvalue weighted by atomic mass is 79.9. The molecule has 0 heterocycles. The summed E-state index contributed by atoms with van der Waals surface area (Å²) in [6, 6.07) is 6.64. The van der Waals surface area contributed by atoms with Gasteiger partial charge in [0.05, 0.1) is 0 Å². The molecule has 0 radical (unpaired) electrons. The van der Waals surface area contributed by atoms with E-state index in [0.717, 1.165) is 4.47 Å². The lowest BCUT2D eigenvalue weighted by atomic mass is 10.1. The van der Waals surface area contributed by atoms with Crippen molar-refractivity contribution in [2.24, 2.45) is 0 Å². The topological polar surface area (TPSA) is 17.1 Å². The van der Waals surface area contributed by atoms with E-state index in [2.05, 4.69) is 15.9 Å². The van der Waals surface area contributed by atoms with Gasteiger partial charge in [-0.1, -0.05) is 28.1 Å². The molecule has 0 aliphatic heterocycles. The predicted molar refractivity (Wildman–Crippen MR) is 58.4 cm³/mol. The highest BCUT2D eigenvalue weighted by Crippen LogP contribution is 2.23. The van der Waals surface area contributed by atoms with Gasteiger partial charge in [-0.15, -0.1) is 0 Å². The van der Waals surface area contributed by atoms with E-state index in [4.69, 9.17) is 0 Å². The van der Waals surface area contributed by atoms with Crippen molar-refractivity contribution in [1.82, 2.24) is 0 Å². The second-order valence-electron chi connectivity index (χ2n) is 3.40. The van der Waals surface area contributed by atoms with Gasteiger partial charge in [0, 0.05) is 22.9 Å². The number of halogens is 4. The maximum absolute atomic E-state index is 11.9. The van der Waals surface area contributed by atoms with Gasteiger partial charge < -0.3 is 0 Å². The van der Waals surface area contributed by atoms with Gasteiger partial charge in [-0.2, -0.15) is 13.2 Å². The number of hydrogen-bond donors (Lipinski definition) is 0. The third kappa shape index (κ3) is 4.79. The second-order valence-corrected chi connectivity index (χ2v) is 4.32. The summed E-state index contributed by atoms with van der Waals surface area (Å²) in [6.45, 7) is 0. The van der Waals surface area contributed by atoms with Crippen molar-refractivity contribution in [2.75, 3.05) is 0 Å². The zero-order valence-electron chi connectivity index (χ0n) is 8.35. The Labute approximate surface area is 99.8 Å². The maximum Gasteiger partial charge on any atom is 0.389 e. The lowest BCUT2D eigenvalue weighted by molar-refractivity contribution is -0.135. The third-order valence-corrected chi connectivity index (χ3v) is 2.50. The Morgan fingerprint density at radius 3 is 2.56 bits per heavy atom. The average Bonchev–Trinajstić information content (AvgIpc) is 2.15. The van der Waals surface area contributed by atoms with Crippen LogP contribution in [0.5, 0.6) is 0 Å². The zero-order chi connectivity index (χ0) is 12.2. The van der Waals surface area contributed by atoms with Crippen LogP contribution in [-0.4, -0.2) is 12.0 Å². The molecule has 0 unspecified atom stereocenters. The normalized spacial score (nSPS) is 11.5. The molecule has 1 aromatic rings. The van der Waals surface area contributed by atoms with Crippen molar-refractivity contribution >= 4 is 21.7 Å². The van der Waals surface area contributed by atoms with E-state index in [1.165, 1.54) is 0 Å². The predicted octanol–water partition coefficient (Wildman–Crippen LogP) is 4.36. The Morgan fingerprint density at radius 1 is 1.31 bits per heavy atom. The summed E-state index contributed by atoms with van der Waals surface area (Å²) in [5.74, 6) is -0.259. The second kappa shape index (κ2) is 5.48. The Morgan fingerprint density at radius 2 is 2.00 bits per heavy atom. The first-order valence-corrected chi connectivity index (χ1v) is 5.53. The molecule has 1 nitrogen and oxygen atoms in total. The van der Waals surface area contributed by atoms with Crippen molar-refractivity contribution < 1.29 is 18.0 Å². The lowest BCUT2D eigenvalue weighted by Crippen LogP contribution is -2.08. The molecule has 0 saturated carbocycles. The standard InChI is InChI=1S/C11H10BrF3O/c12-9-4-1-3-8(7-9)10(16)5-2-6-11(13,14)15/h1,3-4,7H,2,5-6H2. The van der Waals surface area contributed by atoms with Gasteiger partial charge in [0.15, 0.2) is 5.78 Å². The number of carbonyl (C=O) groups is 1. The van der Waals surface area contributed by atoms with E-state index in [1.807, 2.05) is 0 Å². The molecular weight excluding hydrogens is 285 g/mol. The fourth-order valence-electron chi connectivity index (χ4n) is 1.26. The molecule has 0 spiro atoms. The van der Waals surface area contributed by atoms with Crippen molar-refractivity contribution in [1.29, 1.82) is 0 Å². The van der Waals surface area contributed by atoms with Gasteiger partial charge in [-0.25, -0.2) is 0 Å². The summed E-state index contributed by atoms with van der Waals surface area (Å²) in [6.07, 6.45) is -5.32. The Balaban J connectivity index is 2.47. The van der Waals surface area contributed by atoms with Crippen molar-refractivity contribution in [3.05, 3.63) is 34.3 Å². The van der Waals surface area contributed by atoms with Gasteiger partial charge in [-0.05, 0) is 18.6 Å². The fourth-order valence-corrected chi connectivity index (χ4v) is 1.65. The van der Waals surface area contributed by atoms with Crippen LogP contribution in [0.2, 0.25) is 0 Å². The lowest BCUT2D eigenvalue weighted by Gasteiger charge is -2.05. The van der Waals surface area contributed by atoms with Crippen LogP contribution in [0.3, 0.4) is 0 Å². The molecule has 88 valence electrons. The molecular formula is C11H10BrF3O. The van der Waals surface area contributed by atoms with E-state index in [0.29, 0.717) is 5.56 Å². The molecule has 1 aromatic carbocycles. The summed E-state index contributed by atoms with van der Waals surface area (Å²) >= 11 is 3.20. The molecule has 0 aliphatic carbocycles. The smallest absolute Gasteiger partial charge is 0.294 e. The van der Waals surface area contributed by atoms with E-state index < -0.39 is 12.6 Å². The van der Waals surface area contributed by atoms with Crippen LogP contribution in [0.25, 0.3) is 0 Å². The molecule has 1 rings (SSSR count). The zero-order valence-corrected chi connectivity index (χ0v) is 9.94. The molecule has 5 heteroatoms. The van der Waals surface area contributed by atoms with Crippen LogP contribution >= 0.6 is 15.9 Å². The van der Waals surface area contributed by atoms with Gasteiger partial charge in [0.2, 0.25) is 0 Å². The van der Waals surface area contributed by atoms with Crippen molar-refractivity contribution in [3.8, 4) is 0 Å². The third-order valence-electron chi connectivity index (χ3n) is 2.01. The van der Waals surface area contributed by atoms with Crippen molar-refractivity contribution in [2.45, 2.75) is 25.4 Å². The van der Waals surface area contributed by atoms with Crippen LogP contribution in [0, 0.1) is 0 Å². The number of carbonyl (C=O) groups excluding carboxylic acids is 1. The van der Waals surface area contributed by atoms with Gasteiger partial charge in [-0.3, -0.25) is 4.79 Å². The largest absolute Gasteiger partial charge is 0.389 e. The molecule has 0 amide bonds. The molecule has 0 aliphatic rings. The van der Waals surface area contributed by atoms with Crippen LogP contribution in [-0.2, 0) is 0 Å². The molecule has 0 saturated heterocycles. The fraction of sp³-hybridized carbons (Fsp3) is 0.364. The van der Waals surface area contributed by atoms with E-state index in [1.54, 1.807) is 24.3 Å². The maximum atomic E-state index is 11.9. The Hall–Kier alpha value is -0.840. The van der Waals surface area contributed by atoms with Crippen LogP contribution < -0.4 is 0 Å².